The fourth-order valence-electron chi connectivity index (χ4n) is 4.21. The van der Waals surface area contributed by atoms with Crippen LogP contribution in [0.2, 0.25) is 0 Å². The van der Waals surface area contributed by atoms with Gasteiger partial charge in [0.2, 0.25) is 5.91 Å². The highest BCUT2D eigenvalue weighted by molar-refractivity contribution is 7.80. The minimum absolute atomic E-state index is 0.0485. The summed E-state index contributed by atoms with van der Waals surface area (Å²) in [6.45, 7) is 9.09. The van der Waals surface area contributed by atoms with Crippen molar-refractivity contribution in [1.82, 2.24) is 5.32 Å². The van der Waals surface area contributed by atoms with Crippen molar-refractivity contribution < 1.29 is 23.6 Å². The van der Waals surface area contributed by atoms with Gasteiger partial charge in [0.15, 0.2) is 0 Å². The summed E-state index contributed by atoms with van der Waals surface area (Å²) in [6, 6.07) is 7.84. The van der Waals surface area contributed by atoms with Crippen molar-refractivity contribution in [2.45, 2.75) is 77.6 Å². The summed E-state index contributed by atoms with van der Waals surface area (Å²) in [5.74, 6) is 1.23. The van der Waals surface area contributed by atoms with E-state index in [1.807, 2.05) is 52.0 Å². The van der Waals surface area contributed by atoms with Crippen molar-refractivity contribution >= 4 is 37.1 Å². The van der Waals surface area contributed by atoms with Gasteiger partial charge in [0.1, 0.15) is 6.61 Å². The van der Waals surface area contributed by atoms with Gasteiger partial charge in [-0.3, -0.25) is 9.59 Å². The van der Waals surface area contributed by atoms with Gasteiger partial charge in [0, 0.05) is 19.4 Å². The van der Waals surface area contributed by atoms with Crippen molar-refractivity contribution in [3.05, 3.63) is 29.8 Å². The predicted octanol–water partition coefficient (Wildman–Crippen LogP) is 3.27. The van der Waals surface area contributed by atoms with E-state index in [0.29, 0.717) is 37.0 Å². The molecule has 3 rings (SSSR count). The lowest BCUT2D eigenvalue weighted by atomic mass is 9.79. The third-order valence-corrected chi connectivity index (χ3v) is 7.16. The Morgan fingerprint density at radius 1 is 1.09 bits per heavy atom. The maximum atomic E-state index is 12.3. The largest absolute Gasteiger partial charge is 0.494 e. The lowest BCUT2D eigenvalue weighted by Gasteiger charge is -2.32. The maximum absolute atomic E-state index is 12.3. The Kier molecular flexibility index (Phi) is 8.34. The minimum Gasteiger partial charge on any atom is -0.461 e. The summed E-state index contributed by atoms with van der Waals surface area (Å²) >= 11 is 4.08. The summed E-state index contributed by atoms with van der Waals surface area (Å²) in [5.41, 5.74) is 1.15. The zero-order valence-electron chi connectivity index (χ0n) is 19.7. The zero-order chi connectivity index (χ0) is 23.4. The molecule has 1 saturated carbocycles. The lowest BCUT2D eigenvalue weighted by Crippen LogP contribution is -2.41. The van der Waals surface area contributed by atoms with Crippen molar-refractivity contribution in [3.63, 3.8) is 0 Å². The van der Waals surface area contributed by atoms with E-state index in [-0.39, 0.29) is 29.7 Å². The van der Waals surface area contributed by atoms with Gasteiger partial charge >= 0.3 is 13.1 Å². The SMILES string of the molecule is CC1(C)OB(c2ccc(COC(=O)CC3CCC(CNC(=O)CCS)C3)cc2)OC1(C)C. The second kappa shape index (κ2) is 10.6. The molecule has 1 aliphatic carbocycles. The molecule has 2 unspecified atom stereocenters. The van der Waals surface area contributed by atoms with E-state index in [2.05, 4.69) is 17.9 Å². The molecule has 0 spiro atoms. The Balaban J connectivity index is 1.39. The van der Waals surface area contributed by atoms with E-state index < -0.39 is 7.12 Å². The molecule has 0 bridgehead atoms. The van der Waals surface area contributed by atoms with Crippen molar-refractivity contribution in [2.75, 3.05) is 12.3 Å². The van der Waals surface area contributed by atoms with E-state index in [1.165, 1.54) is 0 Å². The molecule has 1 saturated heterocycles. The van der Waals surface area contributed by atoms with Crippen LogP contribution in [0.1, 0.15) is 65.4 Å². The predicted molar refractivity (Wildman–Crippen MR) is 129 cm³/mol. The number of ether oxygens (including phenoxy) is 1. The standard InChI is InChI=1S/C24H36BNO5S/c1-23(2)24(3,4)31-25(30-23)20-9-7-17(8-10-20)16-29-22(28)14-18-5-6-19(13-18)15-26-21(27)11-12-32/h7-10,18-19,32H,5-6,11-16H2,1-4H3,(H,26,27). The molecule has 6 nitrogen and oxygen atoms in total. The summed E-state index contributed by atoms with van der Waals surface area (Å²) < 4.78 is 17.7. The molecule has 0 aromatic heterocycles. The highest BCUT2D eigenvalue weighted by atomic mass is 32.1. The first-order valence-electron chi connectivity index (χ1n) is 11.6. The van der Waals surface area contributed by atoms with Crippen LogP contribution in [0.15, 0.2) is 24.3 Å². The second-order valence-corrected chi connectivity index (χ2v) is 10.5. The Labute approximate surface area is 197 Å². The third kappa shape index (κ3) is 6.52. The van der Waals surface area contributed by atoms with Gasteiger partial charge in [0.05, 0.1) is 11.2 Å². The second-order valence-electron chi connectivity index (χ2n) is 10.0. The van der Waals surface area contributed by atoms with E-state index in [1.54, 1.807) is 0 Å². The maximum Gasteiger partial charge on any atom is 0.494 e. The first kappa shape index (κ1) is 25.1. The molecule has 176 valence electrons. The summed E-state index contributed by atoms with van der Waals surface area (Å²) in [5, 5.41) is 2.96. The molecule has 1 amide bonds. The van der Waals surface area contributed by atoms with Gasteiger partial charge in [-0.2, -0.15) is 12.6 Å². The topological polar surface area (TPSA) is 73.9 Å². The van der Waals surface area contributed by atoms with Gasteiger partial charge in [-0.1, -0.05) is 24.3 Å². The first-order valence-corrected chi connectivity index (χ1v) is 12.2. The van der Waals surface area contributed by atoms with Crippen LogP contribution in [0.5, 0.6) is 0 Å². The van der Waals surface area contributed by atoms with Crippen LogP contribution >= 0.6 is 12.6 Å². The molecule has 0 radical (unpaired) electrons. The van der Waals surface area contributed by atoms with Crippen LogP contribution in [0.4, 0.5) is 0 Å². The number of nitrogens with one attached hydrogen (secondary N) is 1. The molecule has 1 aromatic rings. The van der Waals surface area contributed by atoms with E-state index in [9.17, 15) is 9.59 Å². The smallest absolute Gasteiger partial charge is 0.461 e. The Bertz CT molecular complexity index is 782. The first-order chi connectivity index (χ1) is 15.1. The van der Waals surface area contributed by atoms with Crippen molar-refractivity contribution in [3.8, 4) is 0 Å². The molecule has 1 N–H and O–H groups in total. The van der Waals surface area contributed by atoms with Crippen molar-refractivity contribution in [2.24, 2.45) is 11.8 Å². The van der Waals surface area contributed by atoms with E-state index >= 15 is 0 Å². The molecule has 8 heteroatoms. The van der Waals surface area contributed by atoms with Gasteiger partial charge in [0.25, 0.3) is 0 Å². The number of thiol groups is 1. The summed E-state index contributed by atoms with van der Waals surface area (Å²) in [6.07, 6.45) is 3.89. The molecular formula is C24H36BNO5S. The van der Waals surface area contributed by atoms with Gasteiger partial charge in [-0.15, -0.1) is 0 Å². The number of rotatable bonds is 9. The Hall–Kier alpha value is -1.51. The number of hydrogen-bond donors (Lipinski definition) is 2. The number of amides is 1. The van der Waals surface area contributed by atoms with Crippen LogP contribution in [0, 0.1) is 11.8 Å². The molecule has 2 aliphatic rings. The number of carbonyl (C=O) groups is 2. The van der Waals surface area contributed by atoms with Gasteiger partial charge < -0.3 is 19.4 Å². The number of carbonyl (C=O) groups excluding carboxylic acids is 2. The molecular weight excluding hydrogens is 425 g/mol. The summed E-state index contributed by atoms with van der Waals surface area (Å²) in [7, 11) is -0.394. The van der Waals surface area contributed by atoms with Crippen LogP contribution in [-0.2, 0) is 30.2 Å². The average Bonchev–Trinajstić information content (AvgIpc) is 3.26. The molecule has 1 aromatic carbocycles. The average molecular weight is 461 g/mol. The van der Waals surface area contributed by atoms with Crippen molar-refractivity contribution in [1.29, 1.82) is 0 Å². The molecule has 1 heterocycles. The van der Waals surface area contributed by atoms with E-state index in [0.717, 1.165) is 30.3 Å². The minimum atomic E-state index is -0.394. The zero-order valence-corrected chi connectivity index (χ0v) is 20.6. The van der Waals surface area contributed by atoms with Gasteiger partial charge in [-0.25, -0.2) is 0 Å². The monoisotopic (exact) mass is 461 g/mol. The third-order valence-electron chi connectivity index (χ3n) is 6.94. The van der Waals surface area contributed by atoms with E-state index in [4.69, 9.17) is 14.0 Å². The van der Waals surface area contributed by atoms with Crippen LogP contribution in [0.25, 0.3) is 0 Å². The fourth-order valence-corrected chi connectivity index (χ4v) is 4.41. The summed E-state index contributed by atoms with van der Waals surface area (Å²) in [4.78, 5) is 23.9. The number of esters is 1. The Morgan fingerprint density at radius 3 is 2.34 bits per heavy atom. The number of benzene rings is 1. The normalized spacial score (nSPS) is 23.8. The van der Waals surface area contributed by atoms with Crippen LogP contribution in [-0.4, -0.2) is 42.5 Å². The Morgan fingerprint density at radius 2 is 1.72 bits per heavy atom. The van der Waals surface area contributed by atoms with Gasteiger partial charge in [-0.05, 0) is 75.6 Å². The van der Waals surface area contributed by atoms with Crippen LogP contribution in [0.3, 0.4) is 0 Å². The quantitative estimate of drug-likeness (QED) is 0.336. The lowest BCUT2D eigenvalue weighted by molar-refractivity contribution is -0.146. The van der Waals surface area contributed by atoms with Crippen LogP contribution < -0.4 is 10.8 Å². The number of hydrogen-bond acceptors (Lipinski definition) is 6. The highest BCUT2D eigenvalue weighted by Gasteiger charge is 2.51. The fraction of sp³-hybridized carbons (Fsp3) is 0.667. The molecule has 1 aliphatic heterocycles. The molecule has 2 atom stereocenters. The molecule has 32 heavy (non-hydrogen) atoms. The molecule has 2 fully saturated rings. The highest BCUT2D eigenvalue weighted by Crippen LogP contribution is 2.36.